The maximum atomic E-state index is 12.9. The molecule has 2 aromatic heterocycles. The molecule has 0 bridgehead atoms. The lowest BCUT2D eigenvalue weighted by molar-refractivity contribution is 0.0686. The van der Waals surface area contributed by atoms with Crippen molar-refractivity contribution >= 4 is 17.7 Å². The quantitative estimate of drug-likeness (QED) is 0.799. The number of pyridine rings is 1. The maximum absolute atomic E-state index is 12.9. The van der Waals surface area contributed by atoms with Crippen LogP contribution in [0.15, 0.2) is 33.9 Å². The van der Waals surface area contributed by atoms with Crippen LogP contribution in [0.2, 0.25) is 0 Å². The molecular weight excluding hydrogens is 336 g/mol. The van der Waals surface area contributed by atoms with E-state index in [9.17, 15) is 4.79 Å². The lowest BCUT2D eigenvalue weighted by Crippen LogP contribution is -2.40. The molecule has 0 spiro atoms. The average molecular weight is 360 g/mol. The van der Waals surface area contributed by atoms with Crippen LogP contribution in [0.1, 0.15) is 34.7 Å². The fourth-order valence-electron chi connectivity index (χ4n) is 3.10. The Balaban J connectivity index is 1.64. The minimum absolute atomic E-state index is 0.0786. The van der Waals surface area contributed by atoms with Gasteiger partial charge in [-0.15, -0.1) is 0 Å². The van der Waals surface area contributed by atoms with Crippen molar-refractivity contribution in [3.63, 3.8) is 0 Å². The molecule has 25 heavy (non-hydrogen) atoms. The largest absolute Gasteiger partial charge is 0.361 e. The molecule has 1 amide bonds. The van der Waals surface area contributed by atoms with Gasteiger partial charge in [0, 0.05) is 31.1 Å². The maximum Gasteiger partial charge on any atom is 0.256 e. The first kappa shape index (κ1) is 17.9. The van der Waals surface area contributed by atoms with Crippen molar-refractivity contribution in [2.75, 3.05) is 26.7 Å². The number of amides is 1. The second kappa shape index (κ2) is 8.49. The van der Waals surface area contributed by atoms with E-state index < -0.39 is 0 Å². The van der Waals surface area contributed by atoms with Gasteiger partial charge in [0.05, 0.1) is 11.3 Å². The lowest BCUT2D eigenvalue weighted by atomic mass is 9.96. The van der Waals surface area contributed by atoms with Crippen LogP contribution in [-0.2, 0) is 5.75 Å². The number of carbonyl (C=O) groups excluding carboxylic acids is 1. The zero-order chi connectivity index (χ0) is 17.6. The number of aryl methyl sites for hydroxylation is 1. The molecule has 134 valence electrons. The van der Waals surface area contributed by atoms with E-state index in [2.05, 4.69) is 15.5 Å². The normalized spacial score (nSPS) is 15.5. The monoisotopic (exact) mass is 360 g/mol. The number of likely N-dealkylation sites (tertiary alicyclic amines) is 1. The van der Waals surface area contributed by atoms with Gasteiger partial charge >= 0.3 is 0 Å². The van der Waals surface area contributed by atoms with E-state index in [1.807, 2.05) is 37.1 Å². The summed E-state index contributed by atoms with van der Waals surface area (Å²) < 4.78 is 5.09. The van der Waals surface area contributed by atoms with Gasteiger partial charge in [0.25, 0.3) is 5.91 Å². The van der Waals surface area contributed by atoms with Gasteiger partial charge in [-0.3, -0.25) is 4.79 Å². The van der Waals surface area contributed by atoms with Crippen LogP contribution in [0.25, 0.3) is 0 Å². The highest BCUT2D eigenvalue weighted by molar-refractivity contribution is 7.98. The van der Waals surface area contributed by atoms with Crippen molar-refractivity contribution in [1.29, 1.82) is 0 Å². The molecule has 2 aromatic rings. The van der Waals surface area contributed by atoms with E-state index in [0.29, 0.717) is 17.2 Å². The Hall–Kier alpha value is -1.86. The molecule has 3 heterocycles. The molecule has 0 aromatic carbocycles. The van der Waals surface area contributed by atoms with Gasteiger partial charge in [0.1, 0.15) is 10.8 Å². The van der Waals surface area contributed by atoms with E-state index >= 15 is 0 Å². The van der Waals surface area contributed by atoms with Crippen LogP contribution in [-0.4, -0.2) is 47.6 Å². The average Bonchev–Trinajstić information content (AvgIpc) is 3.06. The Labute approximate surface area is 152 Å². The highest BCUT2D eigenvalue weighted by atomic mass is 32.2. The number of carbonyl (C=O) groups is 1. The van der Waals surface area contributed by atoms with E-state index in [1.54, 1.807) is 6.20 Å². The first-order chi connectivity index (χ1) is 12.2. The zero-order valence-electron chi connectivity index (χ0n) is 14.7. The number of hydrogen-bond acceptors (Lipinski definition) is 6. The second-order valence-corrected chi connectivity index (χ2v) is 7.33. The van der Waals surface area contributed by atoms with Crippen molar-refractivity contribution in [1.82, 2.24) is 20.4 Å². The van der Waals surface area contributed by atoms with Crippen molar-refractivity contribution in [3.8, 4) is 0 Å². The summed E-state index contributed by atoms with van der Waals surface area (Å²) >= 11 is 1.52. The molecule has 0 aliphatic carbocycles. The zero-order valence-corrected chi connectivity index (χ0v) is 15.5. The van der Waals surface area contributed by atoms with Crippen LogP contribution >= 0.6 is 11.8 Å². The second-order valence-electron chi connectivity index (χ2n) is 6.37. The van der Waals surface area contributed by atoms with E-state index in [0.717, 1.165) is 49.0 Å². The van der Waals surface area contributed by atoms with E-state index in [4.69, 9.17) is 4.52 Å². The summed E-state index contributed by atoms with van der Waals surface area (Å²) in [6.45, 7) is 4.51. The number of thioether (sulfide) groups is 1. The van der Waals surface area contributed by atoms with Gasteiger partial charge in [0.2, 0.25) is 0 Å². The standard InChI is InChI=1S/C18H24N4O2S/c1-13-10-15(21-24-13)12-25-17-16(4-3-7-20-17)18(23)22-8-5-14(6-9-22)11-19-2/h3-4,7,10,14,19H,5-6,8-9,11-12H2,1-2H3. The summed E-state index contributed by atoms with van der Waals surface area (Å²) in [6, 6.07) is 5.60. The number of rotatable bonds is 6. The predicted octanol–water partition coefficient (Wildman–Crippen LogP) is 2.74. The van der Waals surface area contributed by atoms with Crippen LogP contribution in [0.3, 0.4) is 0 Å². The predicted molar refractivity (Wildman–Crippen MR) is 97.6 cm³/mol. The van der Waals surface area contributed by atoms with Crippen LogP contribution < -0.4 is 5.32 Å². The topological polar surface area (TPSA) is 71.3 Å². The SMILES string of the molecule is CNCC1CCN(C(=O)c2cccnc2SCc2cc(C)on2)CC1. The first-order valence-corrected chi connectivity index (χ1v) is 9.60. The minimum atomic E-state index is 0.0786. The third kappa shape index (κ3) is 4.61. The molecule has 0 atom stereocenters. The molecule has 1 N–H and O–H groups in total. The molecule has 1 fully saturated rings. The van der Waals surface area contributed by atoms with Crippen molar-refractivity contribution in [2.45, 2.75) is 30.5 Å². The Bertz CT molecular complexity index is 711. The van der Waals surface area contributed by atoms with Gasteiger partial charge in [-0.2, -0.15) is 0 Å². The highest BCUT2D eigenvalue weighted by Gasteiger charge is 2.25. The Morgan fingerprint density at radius 3 is 2.92 bits per heavy atom. The number of hydrogen-bond donors (Lipinski definition) is 1. The molecule has 0 radical (unpaired) electrons. The molecule has 1 aliphatic heterocycles. The van der Waals surface area contributed by atoms with Crippen LogP contribution in [0.4, 0.5) is 0 Å². The smallest absolute Gasteiger partial charge is 0.256 e. The fourth-order valence-corrected chi connectivity index (χ4v) is 3.96. The lowest BCUT2D eigenvalue weighted by Gasteiger charge is -2.32. The Kier molecular flexibility index (Phi) is 6.09. The van der Waals surface area contributed by atoms with Crippen LogP contribution in [0.5, 0.6) is 0 Å². The van der Waals surface area contributed by atoms with Crippen molar-refractivity contribution in [2.24, 2.45) is 5.92 Å². The minimum Gasteiger partial charge on any atom is -0.361 e. The molecule has 1 saturated heterocycles. The van der Waals surface area contributed by atoms with Crippen LogP contribution in [0, 0.1) is 12.8 Å². The number of nitrogens with zero attached hydrogens (tertiary/aromatic N) is 3. The Morgan fingerprint density at radius 2 is 2.24 bits per heavy atom. The summed E-state index contributed by atoms with van der Waals surface area (Å²) in [6.07, 6.45) is 3.83. The molecule has 0 unspecified atom stereocenters. The number of nitrogens with one attached hydrogen (secondary N) is 1. The van der Waals surface area contributed by atoms with Gasteiger partial charge in [0.15, 0.2) is 0 Å². The van der Waals surface area contributed by atoms with Gasteiger partial charge in [-0.05, 0) is 51.4 Å². The van der Waals surface area contributed by atoms with E-state index in [-0.39, 0.29) is 5.91 Å². The van der Waals surface area contributed by atoms with Gasteiger partial charge < -0.3 is 14.7 Å². The van der Waals surface area contributed by atoms with E-state index in [1.165, 1.54) is 11.8 Å². The highest BCUT2D eigenvalue weighted by Crippen LogP contribution is 2.26. The first-order valence-electron chi connectivity index (χ1n) is 8.61. The number of aromatic nitrogens is 2. The van der Waals surface area contributed by atoms with Crippen molar-refractivity contribution < 1.29 is 9.32 Å². The van der Waals surface area contributed by atoms with Gasteiger partial charge in [-0.25, -0.2) is 4.98 Å². The molecule has 0 saturated carbocycles. The van der Waals surface area contributed by atoms with Crippen molar-refractivity contribution in [3.05, 3.63) is 41.4 Å². The molecule has 1 aliphatic rings. The third-order valence-corrected chi connectivity index (χ3v) is 5.47. The molecule has 6 nitrogen and oxygen atoms in total. The summed E-state index contributed by atoms with van der Waals surface area (Å²) in [4.78, 5) is 19.3. The summed E-state index contributed by atoms with van der Waals surface area (Å²) in [5.74, 6) is 2.16. The summed E-state index contributed by atoms with van der Waals surface area (Å²) in [5.41, 5.74) is 1.54. The fraction of sp³-hybridized carbons (Fsp3) is 0.500. The summed E-state index contributed by atoms with van der Waals surface area (Å²) in [5, 5.41) is 7.98. The third-order valence-electron chi connectivity index (χ3n) is 4.43. The Morgan fingerprint density at radius 1 is 1.44 bits per heavy atom. The summed E-state index contributed by atoms with van der Waals surface area (Å²) in [7, 11) is 1.98. The number of piperidine rings is 1. The molecule has 3 rings (SSSR count). The molecular formula is C18H24N4O2S. The molecule has 7 heteroatoms. The van der Waals surface area contributed by atoms with Gasteiger partial charge in [-0.1, -0.05) is 16.9 Å².